The Kier molecular flexibility index (Phi) is 5.94. The Hall–Kier alpha value is -2.77. The van der Waals surface area contributed by atoms with Gasteiger partial charge in [0.25, 0.3) is 5.91 Å². The number of anilines is 1. The lowest BCUT2D eigenvalue weighted by atomic mass is 10.1. The maximum absolute atomic E-state index is 12.8. The molecule has 1 atom stereocenters. The molecule has 0 bridgehead atoms. The Morgan fingerprint density at radius 1 is 1.00 bits per heavy atom. The predicted molar refractivity (Wildman–Crippen MR) is 110 cm³/mol. The summed E-state index contributed by atoms with van der Waals surface area (Å²) >= 11 is 1.73. The topological polar surface area (TPSA) is 65.9 Å². The molecule has 2 N–H and O–H groups in total. The van der Waals surface area contributed by atoms with E-state index in [1.807, 2.05) is 17.0 Å². The predicted octanol–water partition coefficient (Wildman–Crippen LogP) is 1.54. The normalized spacial score (nSPS) is 15.4. The van der Waals surface area contributed by atoms with Gasteiger partial charge in [0.15, 0.2) is 6.54 Å². The molecule has 3 aromatic rings. The van der Waals surface area contributed by atoms with Crippen molar-refractivity contribution in [2.45, 2.75) is 6.04 Å². The van der Waals surface area contributed by atoms with Gasteiger partial charge in [-0.25, -0.2) is 9.97 Å². The minimum atomic E-state index is 0.157. The van der Waals surface area contributed by atoms with Gasteiger partial charge < -0.3 is 15.1 Å². The molecule has 0 unspecified atom stereocenters. The van der Waals surface area contributed by atoms with E-state index in [-0.39, 0.29) is 11.9 Å². The molecule has 0 aliphatic carbocycles. The first kappa shape index (κ1) is 18.6. The van der Waals surface area contributed by atoms with Gasteiger partial charge in [-0.05, 0) is 17.5 Å². The van der Waals surface area contributed by atoms with Crippen molar-refractivity contribution in [3.8, 4) is 0 Å². The van der Waals surface area contributed by atoms with Crippen molar-refractivity contribution >= 4 is 23.2 Å². The third-order valence-electron chi connectivity index (χ3n) is 5.00. The molecule has 1 aliphatic rings. The number of thiophene rings is 1. The summed E-state index contributed by atoms with van der Waals surface area (Å²) in [4.78, 5) is 26.7. The second kappa shape index (κ2) is 8.95. The fraction of sp³-hybridized carbons (Fsp3) is 0.286. The molecule has 144 valence electrons. The quantitative estimate of drug-likeness (QED) is 0.689. The number of carbonyl (C=O) groups excluding carboxylic acids is 1. The van der Waals surface area contributed by atoms with Crippen LogP contribution in [0.1, 0.15) is 16.5 Å². The highest BCUT2D eigenvalue weighted by Crippen LogP contribution is 2.22. The van der Waals surface area contributed by atoms with Crippen molar-refractivity contribution in [3.63, 3.8) is 0 Å². The number of benzene rings is 1. The van der Waals surface area contributed by atoms with Crippen molar-refractivity contribution < 1.29 is 10.1 Å². The standard InChI is InChI=1S/C21H23N5OS/c27-19(25-11-13-26(14-12-25)21-22-9-5-10-23-21)16-24-20(18-8-4-15-28-18)17-6-2-1-3-7-17/h1-10,15,20,24H,11-14,16H2/p+1/t20-/m1/s1. The van der Waals surface area contributed by atoms with Gasteiger partial charge in [-0.3, -0.25) is 4.79 Å². The van der Waals surface area contributed by atoms with Gasteiger partial charge in [0.1, 0.15) is 6.04 Å². The molecule has 1 aromatic carbocycles. The molecule has 28 heavy (non-hydrogen) atoms. The zero-order valence-electron chi connectivity index (χ0n) is 15.6. The third-order valence-corrected chi connectivity index (χ3v) is 5.96. The van der Waals surface area contributed by atoms with Crippen LogP contribution in [-0.4, -0.2) is 53.5 Å². The molecular formula is C21H24N5OS+. The van der Waals surface area contributed by atoms with Gasteiger partial charge in [-0.1, -0.05) is 36.4 Å². The number of nitrogens with zero attached hydrogens (tertiary/aromatic N) is 4. The van der Waals surface area contributed by atoms with Gasteiger partial charge in [0.2, 0.25) is 5.95 Å². The van der Waals surface area contributed by atoms with Crippen LogP contribution in [-0.2, 0) is 4.79 Å². The summed E-state index contributed by atoms with van der Waals surface area (Å²) in [6.07, 6.45) is 3.51. The smallest absolute Gasteiger partial charge is 0.277 e. The van der Waals surface area contributed by atoms with E-state index in [1.54, 1.807) is 23.7 Å². The number of rotatable bonds is 6. The van der Waals surface area contributed by atoms with Crippen molar-refractivity contribution in [1.82, 2.24) is 14.9 Å². The summed E-state index contributed by atoms with van der Waals surface area (Å²) in [5, 5.41) is 4.24. The SMILES string of the molecule is O=C(C[NH2+][C@H](c1ccccc1)c1cccs1)N1CCN(c2ncccn2)CC1. The number of hydrogen-bond acceptors (Lipinski definition) is 5. The van der Waals surface area contributed by atoms with E-state index in [4.69, 9.17) is 0 Å². The van der Waals surface area contributed by atoms with E-state index in [1.165, 1.54) is 10.4 Å². The molecule has 4 rings (SSSR count). The molecule has 1 fully saturated rings. The highest BCUT2D eigenvalue weighted by molar-refractivity contribution is 7.10. The van der Waals surface area contributed by atoms with Crippen LogP contribution in [0.2, 0.25) is 0 Å². The van der Waals surface area contributed by atoms with Crippen LogP contribution in [0, 0.1) is 0 Å². The van der Waals surface area contributed by atoms with Gasteiger partial charge in [-0.2, -0.15) is 0 Å². The molecule has 2 aromatic heterocycles. The summed E-state index contributed by atoms with van der Waals surface area (Å²) in [6.45, 7) is 3.39. The highest BCUT2D eigenvalue weighted by Gasteiger charge is 2.25. The van der Waals surface area contributed by atoms with E-state index < -0.39 is 0 Å². The summed E-state index contributed by atoms with van der Waals surface area (Å²) < 4.78 is 0. The first-order valence-corrected chi connectivity index (χ1v) is 10.4. The van der Waals surface area contributed by atoms with Crippen LogP contribution in [0.4, 0.5) is 5.95 Å². The summed E-state index contributed by atoms with van der Waals surface area (Å²) in [5.74, 6) is 0.925. The minimum absolute atomic E-state index is 0.157. The second-order valence-electron chi connectivity index (χ2n) is 6.76. The van der Waals surface area contributed by atoms with Crippen molar-refractivity contribution in [1.29, 1.82) is 0 Å². The highest BCUT2D eigenvalue weighted by atomic mass is 32.1. The van der Waals surface area contributed by atoms with Gasteiger partial charge in [0.05, 0.1) is 4.88 Å². The van der Waals surface area contributed by atoms with E-state index in [0.29, 0.717) is 19.6 Å². The zero-order chi connectivity index (χ0) is 19.2. The average molecular weight is 395 g/mol. The van der Waals surface area contributed by atoms with Crippen LogP contribution in [0.5, 0.6) is 0 Å². The molecule has 3 heterocycles. The van der Waals surface area contributed by atoms with Crippen LogP contribution in [0.15, 0.2) is 66.3 Å². The van der Waals surface area contributed by atoms with Crippen molar-refractivity contribution in [2.75, 3.05) is 37.6 Å². The maximum atomic E-state index is 12.8. The minimum Gasteiger partial charge on any atom is -0.337 e. The lowest BCUT2D eigenvalue weighted by molar-refractivity contribution is -0.676. The van der Waals surface area contributed by atoms with Gasteiger partial charge in [-0.15, -0.1) is 11.3 Å². The van der Waals surface area contributed by atoms with E-state index in [0.717, 1.165) is 19.0 Å². The first-order chi connectivity index (χ1) is 13.8. The number of nitrogens with two attached hydrogens (primary N) is 1. The second-order valence-corrected chi connectivity index (χ2v) is 7.74. The average Bonchev–Trinajstić information content (AvgIpc) is 3.30. The number of carbonyl (C=O) groups is 1. The largest absolute Gasteiger partial charge is 0.337 e. The van der Waals surface area contributed by atoms with Crippen molar-refractivity contribution in [2.24, 2.45) is 0 Å². The molecule has 0 spiro atoms. The monoisotopic (exact) mass is 394 g/mol. The first-order valence-electron chi connectivity index (χ1n) is 9.52. The molecule has 1 amide bonds. The molecule has 7 heteroatoms. The molecule has 1 saturated heterocycles. The molecule has 0 radical (unpaired) electrons. The molecular weight excluding hydrogens is 370 g/mol. The maximum Gasteiger partial charge on any atom is 0.277 e. The summed E-state index contributed by atoms with van der Waals surface area (Å²) in [6, 6.07) is 16.6. The number of hydrogen-bond donors (Lipinski definition) is 1. The van der Waals surface area contributed by atoms with Crippen LogP contribution in [0.3, 0.4) is 0 Å². The Morgan fingerprint density at radius 3 is 2.43 bits per heavy atom. The van der Waals surface area contributed by atoms with Gasteiger partial charge >= 0.3 is 0 Å². The Labute approximate surface area is 168 Å². The van der Waals surface area contributed by atoms with Gasteiger partial charge in [0, 0.05) is 44.1 Å². The Balaban J connectivity index is 1.34. The fourth-order valence-electron chi connectivity index (χ4n) is 3.50. The Bertz CT molecular complexity index is 864. The summed E-state index contributed by atoms with van der Waals surface area (Å²) in [7, 11) is 0. The van der Waals surface area contributed by atoms with E-state index >= 15 is 0 Å². The zero-order valence-corrected chi connectivity index (χ0v) is 16.5. The lowest BCUT2D eigenvalue weighted by Gasteiger charge is -2.34. The molecule has 1 aliphatic heterocycles. The van der Waals surface area contributed by atoms with E-state index in [2.05, 4.69) is 62.0 Å². The van der Waals surface area contributed by atoms with E-state index in [9.17, 15) is 4.79 Å². The number of quaternary nitrogens is 1. The lowest BCUT2D eigenvalue weighted by Crippen LogP contribution is -2.87. The number of aromatic nitrogens is 2. The van der Waals surface area contributed by atoms with Crippen molar-refractivity contribution in [3.05, 3.63) is 76.7 Å². The Morgan fingerprint density at radius 2 is 1.75 bits per heavy atom. The fourth-order valence-corrected chi connectivity index (χ4v) is 4.35. The number of piperazine rings is 1. The molecule has 0 saturated carbocycles. The number of amides is 1. The third kappa shape index (κ3) is 4.37. The van der Waals surface area contributed by atoms with Crippen LogP contribution < -0.4 is 10.2 Å². The van der Waals surface area contributed by atoms with Crippen LogP contribution in [0.25, 0.3) is 0 Å². The van der Waals surface area contributed by atoms with Crippen LogP contribution >= 0.6 is 11.3 Å². The summed E-state index contributed by atoms with van der Waals surface area (Å²) in [5.41, 5.74) is 1.23. The molecule has 6 nitrogen and oxygen atoms in total.